The maximum atomic E-state index is 12.1. The number of cyclic esters (lactones) is 1. The molecule has 0 atom stereocenters. The van der Waals surface area contributed by atoms with Gasteiger partial charge in [-0.05, 0) is 48.0 Å². The number of benzene rings is 2. The van der Waals surface area contributed by atoms with E-state index >= 15 is 0 Å². The van der Waals surface area contributed by atoms with E-state index < -0.39 is 0 Å². The Hall–Kier alpha value is -2.72. The van der Waals surface area contributed by atoms with E-state index in [0.29, 0.717) is 34.3 Å². The Morgan fingerprint density at radius 1 is 1.12 bits per heavy atom. The van der Waals surface area contributed by atoms with E-state index in [1.165, 1.54) is 0 Å². The van der Waals surface area contributed by atoms with Crippen molar-refractivity contribution in [3.8, 4) is 11.5 Å². The lowest BCUT2D eigenvalue weighted by Crippen LogP contribution is -2.01. The third-order valence-corrected chi connectivity index (χ3v) is 4.04. The molecule has 2 aromatic rings. The van der Waals surface area contributed by atoms with Crippen LogP contribution in [0.15, 0.2) is 59.9 Å². The molecule has 0 bridgehead atoms. The molecule has 0 saturated carbocycles. The van der Waals surface area contributed by atoms with Crippen LogP contribution in [0.1, 0.15) is 11.1 Å². The highest BCUT2D eigenvalue weighted by atomic mass is 35.5. The van der Waals surface area contributed by atoms with Crippen molar-refractivity contribution in [2.45, 2.75) is 6.42 Å². The van der Waals surface area contributed by atoms with Gasteiger partial charge in [-0.1, -0.05) is 23.7 Å². The molecule has 0 amide bonds. The van der Waals surface area contributed by atoms with Gasteiger partial charge in [0, 0.05) is 22.6 Å². The zero-order chi connectivity index (χ0) is 17.8. The number of hydrogen-bond acceptors (Lipinski definition) is 4. The summed E-state index contributed by atoms with van der Waals surface area (Å²) in [6, 6.07) is 12.8. The molecule has 0 unspecified atom stereocenters. The molecule has 1 aliphatic heterocycles. The van der Waals surface area contributed by atoms with Crippen molar-refractivity contribution in [3.05, 3.63) is 76.0 Å². The first-order valence-corrected chi connectivity index (χ1v) is 8.08. The Morgan fingerprint density at radius 3 is 2.68 bits per heavy atom. The van der Waals surface area contributed by atoms with E-state index in [4.69, 9.17) is 25.8 Å². The highest BCUT2D eigenvalue weighted by Crippen LogP contribution is 2.29. The Morgan fingerprint density at radius 2 is 1.96 bits per heavy atom. The molecule has 2 aromatic carbocycles. The number of allylic oxidation sites excluding steroid dienone is 1. The minimum absolute atomic E-state index is 0.354. The molecular formula is C20H17ClO4. The molecule has 0 spiro atoms. The fraction of sp³-hybridized carbons (Fsp3) is 0.150. The molecule has 128 valence electrons. The maximum Gasteiger partial charge on any atom is 0.339 e. The van der Waals surface area contributed by atoms with Gasteiger partial charge in [-0.25, -0.2) is 4.79 Å². The number of esters is 1. The van der Waals surface area contributed by atoms with Gasteiger partial charge < -0.3 is 14.2 Å². The average Bonchev–Trinajstić information content (AvgIpc) is 2.94. The number of methoxy groups -OCH3 is 2. The summed E-state index contributed by atoms with van der Waals surface area (Å²) in [4.78, 5) is 12.1. The van der Waals surface area contributed by atoms with Crippen LogP contribution in [0.25, 0.3) is 6.08 Å². The quantitative estimate of drug-likeness (QED) is 0.744. The second-order valence-corrected chi connectivity index (χ2v) is 5.96. The summed E-state index contributed by atoms with van der Waals surface area (Å²) in [5, 5.41) is 0.640. The SMILES string of the molecule is COc1ccc(OC)c(/C=C2/C=C(Cc3cccc(Cl)c3)C(=O)O2)c1. The number of hydrogen-bond donors (Lipinski definition) is 0. The molecule has 1 aliphatic rings. The van der Waals surface area contributed by atoms with E-state index in [2.05, 4.69) is 0 Å². The summed E-state index contributed by atoms with van der Waals surface area (Å²) < 4.78 is 15.9. The van der Waals surface area contributed by atoms with Gasteiger partial charge in [0.15, 0.2) is 0 Å². The topological polar surface area (TPSA) is 44.8 Å². The van der Waals surface area contributed by atoms with Crippen LogP contribution in [0.5, 0.6) is 11.5 Å². The average molecular weight is 357 g/mol. The molecule has 3 rings (SSSR count). The van der Waals surface area contributed by atoms with Crippen molar-refractivity contribution in [2.24, 2.45) is 0 Å². The first kappa shape index (κ1) is 17.1. The van der Waals surface area contributed by atoms with E-state index in [-0.39, 0.29) is 5.97 Å². The molecule has 0 radical (unpaired) electrons. The van der Waals surface area contributed by atoms with Crippen LogP contribution in [-0.4, -0.2) is 20.2 Å². The highest BCUT2D eigenvalue weighted by molar-refractivity contribution is 6.30. The first-order chi connectivity index (χ1) is 12.1. The minimum Gasteiger partial charge on any atom is -0.497 e. The first-order valence-electron chi connectivity index (χ1n) is 7.70. The molecule has 5 heteroatoms. The zero-order valence-electron chi connectivity index (χ0n) is 13.9. The Balaban J connectivity index is 1.88. The molecule has 1 heterocycles. The maximum absolute atomic E-state index is 12.1. The molecule has 25 heavy (non-hydrogen) atoms. The number of carbonyl (C=O) groups is 1. The van der Waals surface area contributed by atoms with E-state index in [1.54, 1.807) is 38.5 Å². The fourth-order valence-corrected chi connectivity index (χ4v) is 2.81. The minimum atomic E-state index is -0.354. The van der Waals surface area contributed by atoms with Crippen LogP contribution in [0.3, 0.4) is 0 Å². The van der Waals surface area contributed by atoms with E-state index in [9.17, 15) is 4.79 Å². The molecule has 0 fully saturated rings. The number of carbonyl (C=O) groups excluding carboxylic acids is 1. The van der Waals surface area contributed by atoms with Crippen LogP contribution < -0.4 is 9.47 Å². The Bertz CT molecular complexity index is 868. The van der Waals surface area contributed by atoms with Crippen molar-refractivity contribution in [1.29, 1.82) is 0 Å². The monoisotopic (exact) mass is 356 g/mol. The predicted molar refractivity (Wildman–Crippen MR) is 96.9 cm³/mol. The molecule has 4 nitrogen and oxygen atoms in total. The van der Waals surface area contributed by atoms with Gasteiger partial charge in [-0.15, -0.1) is 0 Å². The smallest absolute Gasteiger partial charge is 0.339 e. The number of rotatable bonds is 5. The molecular weight excluding hydrogens is 340 g/mol. The molecule has 0 N–H and O–H groups in total. The zero-order valence-corrected chi connectivity index (χ0v) is 14.7. The van der Waals surface area contributed by atoms with Gasteiger partial charge in [0.25, 0.3) is 0 Å². The summed E-state index contributed by atoms with van der Waals surface area (Å²) in [7, 11) is 3.18. The van der Waals surface area contributed by atoms with Crippen molar-refractivity contribution in [1.82, 2.24) is 0 Å². The normalized spacial score (nSPS) is 15.1. The van der Waals surface area contributed by atoms with Crippen molar-refractivity contribution in [3.63, 3.8) is 0 Å². The lowest BCUT2D eigenvalue weighted by molar-refractivity contribution is -0.133. The summed E-state index contributed by atoms with van der Waals surface area (Å²) >= 11 is 5.99. The number of ether oxygens (including phenoxy) is 3. The van der Waals surface area contributed by atoms with Crippen LogP contribution in [0.4, 0.5) is 0 Å². The van der Waals surface area contributed by atoms with Crippen LogP contribution in [0, 0.1) is 0 Å². The van der Waals surface area contributed by atoms with Crippen LogP contribution in [-0.2, 0) is 16.0 Å². The van der Waals surface area contributed by atoms with Gasteiger partial charge in [-0.3, -0.25) is 0 Å². The van der Waals surface area contributed by atoms with E-state index in [1.807, 2.05) is 30.3 Å². The Labute approximate surface area is 151 Å². The fourth-order valence-electron chi connectivity index (χ4n) is 2.60. The molecule has 0 saturated heterocycles. The van der Waals surface area contributed by atoms with Gasteiger partial charge >= 0.3 is 5.97 Å². The predicted octanol–water partition coefficient (Wildman–Crippen LogP) is 4.42. The van der Waals surface area contributed by atoms with Crippen molar-refractivity contribution < 1.29 is 19.0 Å². The Kier molecular flexibility index (Phi) is 5.10. The summed E-state index contributed by atoms with van der Waals surface area (Å²) in [5.74, 6) is 1.47. The lowest BCUT2D eigenvalue weighted by Gasteiger charge is -2.07. The van der Waals surface area contributed by atoms with Gasteiger partial charge in [0.2, 0.25) is 0 Å². The van der Waals surface area contributed by atoms with Gasteiger partial charge in [-0.2, -0.15) is 0 Å². The summed E-state index contributed by atoms with van der Waals surface area (Å²) in [6.07, 6.45) is 3.96. The largest absolute Gasteiger partial charge is 0.497 e. The van der Waals surface area contributed by atoms with Crippen molar-refractivity contribution in [2.75, 3.05) is 14.2 Å². The lowest BCUT2D eigenvalue weighted by atomic mass is 10.1. The second kappa shape index (κ2) is 7.45. The number of halogens is 1. The van der Waals surface area contributed by atoms with Crippen LogP contribution >= 0.6 is 11.6 Å². The van der Waals surface area contributed by atoms with Crippen molar-refractivity contribution >= 4 is 23.6 Å². The third-order valence-electron chi connectivity index (χ3n) is 3.81. The van der Waals surface area contributed by atoms with E-state index in [0.717, 1.165) is 11.1 Å². The molecule has 0 aromatic heterocycles. The van der Waals surface area contributed by atoms with Gasteiger partial charge in [0.05, 0.1) is 14.2 Å². The summed E-state index contributed by atoms with van der Waals surface area (Å²) in [6.45, 7) is 0. The highest BCUT2D eigenvalue weighted by Gasteiger charge is 2.21. The van der Waals surface area contributed by atoms with Crippen LogP contribution in [0.2, 0.25) is 5.02 Å². The molecule has 0 aliphatic carbocycles. The van der Waals surface area contributed by atoms with Gasteiger partial charge in [0.1, 0.15) is 17.3 Å². The summed E-state index contributed by atoms with van der Waals surface area (Å²) in [5.41, 5.74) is 2.30. The standard InChI is InChI=1S/C20H17ClO4/c1-23-17-6-7-19(24-2)14(10-17)11-18-12-15(20(22)25-18)8-13-4-3-5-16(21)9-13/h3-7,9-12H,8H2,1-2H3/b18-11-. The third kappa shape index (κ3) is 4.03. The second-order valence-electron chi connectivity index (χ2n) is 5.52.